The molecule has 1 N–H and O–H groups in total. The first-order valence-electron chi connectivity index (χ1n) is 4.03. The van der Waals surface area contributed by atoms with Crippen LogP contribution in [-0.2, 0) is 10.1 Å². The average Bonchev–Trinajstić information content (AvgIpc) is 2.04. The second kappa shape index (κ2) is 7.20. The molecule has 0 bridgehead atoms. The van der Waals surface area contributed by atoms with Crippen molar-refractivity contribution < 1.29 is 13.0 Å². The van der Waals surface area contributed by atoms with E-state index in [4.69, 9.17) is 4.55 Å². The number of benzene rings is 1. The second-order valence-electron chi connectivity index (χ2n) is 2.69. The van der Waals surface area contributed by atoms with E-state index in [9.17, 15) is 8.42 Å². The van der Waals surface area contributed by atoms with Crippen molar-refractivity contribution >= 4 is 40.9 Å². The zero-order valence-electron chi connectivity index (χ0n) is 8.05. The molecular formula is C9H11NaO3S. The molecule has 5 heteroatoms. The fraction of sp³-hybridized carbons (Fsp3) is 0.111. The van der Waals surface area contributed by atoms with Crippen molar-refractivity contribution in [2.24, 2.45) is 0 Å². The summed E-state index contributed by atoms with van der Waals surface area (Å²) in [6.07, 6.45) is 1.12. The summed E-state index contributed by atoms with van der Waals surface area (Å²) in [6.45, 7) is 3.11. The van der Waals surface area contributed by atoms with Crippen LogP contribution in [-0.4, -0.2) is 46.7 Å². The Kier molecular flexibility index (Phi) is 7.13. The Bertz CT molecular complexity index is 359. The molecule has 0 aliphatic rings. The van der Waals surface area contributed by atoms with Crippen molar-refractivity contribution in [2.45, 2.75) is 0 Å². The molecule has 0 unspecified atom stereocenters. The summed E-state index contributed by atoms with van der Waals surface area (Å²) in [6, 6.07) is 10.5. The van der Waals surface area contributed by atoms with E-state index >= 15 is 0 Å². The first-order valence-corrected chi connectivity index (χ1v) is 6.64. The van der Waals surface area contributed by atoms with Crippen molar-refractivity contribution in [2.75, 3.05) is 5.75 Å². The van der Waals surface area contributed by atoms with Crippen LogP contribution in [0.25, 0.3) is 0 Å². The van der Waals surface area contributed by atoms with Gasteiger partial charge in [0.15, 0.2) is 0 Å². The Balaban J connectivity index is 0.000000241. The van der Waals surface area contributed by atoms with Crippen LogP contribution in [0.4, 0.5) is 0 Å². The minimum atomic E-state index is -3.79. The predicted octanol–water partition coefficient (Wildman–Crippen LogP) is 0.541. The summed E-state index contributed by atoms with van der Waals surface area (Å²) in [5, 5.41) is 0. The van der Waals surface area contributed by atoms with E-state index in [-0.39, 0.29) is 5.75 Å². The number of hydrogen-bond acceptors (Lipinski definition) is 2. The molecule has 0 fully saturated rings. The zero-order valence-corrected chi connectivity index (χ0v) is 10.9. The molecule has 0 saturated heterocycles. The molecule has 0 heterocycles. The summed E-state index contributed by atoms with van der Waals surface area (Å²) < 4.78 is 28.8. The summed E-state index contributed by atoms with van der Waals surface area (Å²) >= 11 is 1.17. The Hall–Kier alpha value is -0.130. The van der Waals surface area contributed by atoms with E-state index in [0.29, 0.717) is 0 Å². The SMILES string of the molecule is C=CCS(=O)(=O)O.[Na][c]1ccccc1. The van der Waals surface area contributed by atoms with Crippen molar-refractivity contribution in [3.8, 4) is 0 Å². The van der Waals surface area contributed by atoms with Crippen LogP contribution in [0, 0.1) is 0 Å². The van der Waals surface area contributed by atoms with Gasteiger partial charge in [0.05, 0.1) is 5.75 Å². The molecule has 14 heavy (non-hydrogen) atoms. The van der Waals surface area contributed by atoms with Gasteiger partial charge in [0, 0.05) is 0 Å². The van der Waals surface area contributed by atoms with Gasteiger partial charge in [-0.3, -0.25) is 4.55 Å². The summed E-state index contributed by atoms with van der Waals surface area (Å²) in [7, 11) is -3.79. The molecule has 0 aliphatic heterocycles. The van der Waals surface area contributed by atoms with E-state index in [1.807, 2.05) is 6.07 Å². The summed E-state index contributed by atoms with van der Waals surface area (Å²) in [4.78, 5) is 0. The van der Waals surface area contributed by atoms with Gasteiger partial charge in [-0.1, -0.05) is 6.08 Å². The third-order valence-electron chi connectivity index (χ3n) is 1.27. The van der Waals surface area contributed by atoms with Crippen LogP contribution >= 0.6 is 0 Å². The summed E-state index contributed by atoms with van der Waals surface area (Å²) in [5.74, 6) is -0.368. The molecule has 1 aromatic carbocycles. The van der Waals surface area contributed by atoms with E-state index in [1.165, 1.54) is 30.7 Å². The maximum atomic E-state index is 9.72. The molecule has 72 valence electrons. The Labute approximate surface area is 102 Å². The third kappa shape index (κ3) is 9.95. The topological polar surface area (TPSA) is 54.4 Å². The first kappa shape index (κ1) is 13.9. The molecule has 3 nitrogen and oxygen atoms in total. The van der Waals surface area contributed by atoms with Gasteiger partial charge in [-0.05, 0) is 0 Å². The van der Waals surface area contributed by atoms with Gasteiger partial charge in [0.2, 0.25) is 0 Å². The molecule has 0 aromatic heterocycles. The van der Waals surface area contributed by atoms with E-state index in [0.717, 1.165) is 6.08 Å². The Morgan fingerprint density at radius 2 is 1.86 bits per heavy atom. The normalized spacial score (nSPS) is 9.93. The summed E-state index contributed by atoms with van der Waals surface area (Å²) in [5.41, 5.74) is 0. The molecule has 0 radical (unpaired) electrons. The Morgan fingerprint density at radius 1 is 1.36 bits per heavy atom. The fourth-order valence-electron chi connectivity index (χ4n) is 0.683. The minimum absolute atomic E-state index is 0.368. The van der Waals surface area contributed by atoms with Gasteiger partial charge in [0.25, 0.3) is 10.1 Å². The van der Waals surface area contributed by atoms with Crippen LogP contribution in [0.5, 0.6) is 0 Å². The zero-order chi connectivity index (χ0) is 11.0. The van der Waals surface area contributed by atoms with Gasteiger partial charge in [0.1, 0.15) is 0 Å². The fourth-order valence-corrected chi connectivity index (χ4v) is 1.37. The van der Waals surface area contributed by atoms with Crippen LogP contribution in [0.15, 0.2) is 43.0 Å². The monoisotopic (exact) mass is 222 g/mol. The van der Waals surface area contributed by atoms with E-state index in [1.54, 1.807) is 0 Å². The average molecular weight is 222 g/mol. The van der Waals surface area contributed by atoms with Crippen LogP contribution in [0.2, 0.25) is 0 Å². The standard InChI is InChI=1S/C6H5.C3H6O3S.Na/c1-2-4-6-5-3-1;1-2-3-7(4,5)6;/h1-5H;2H,1,3H2,(H,4,5,6);. The number of rotatable bonds is 2. The molecule has 0 spiro atoms. The van der Waals surface area contributed by atoms with Gasteiger partial charge < -0.3 is 0 Å². The van der Waals surface area contributed by atoms with Crippen LogP contribution in [0.1, 0.15) is 0 Å². The second-order valence-corrected chi connectivity index (χ2v) is 5.34. The molecular weight excluding hydrogens is 211 g/mol. The van der Waals surface area contributed by atoms with E-state index < -0.39 is 10.1 Å². The molecule has 1 rings (SSSR count). The van der Waals surface area contributed by atoms with Crippen molar-refractivity contribution in [1.29, 1.82) is 0 Å². The van der Waals surface area contributed by atoms with Gasteiger partial charge >= 0.3 is 61.1 Å². The van der Waals surface area contributed by atoms with Gasteiger partial charge in [-0.25, -0.2) is 0 Å². The molecule has 0 saturated carbocycles. The van der Waals surface area contributed by atoms with Crippen LogP contribution in [0.3, 0.4) is 0 Å². The molecule has 0 aliphatic carbocycles. The molecule has 0 amide bonds. The molecule has 1 aromatic rings. The van der Waals surface area contributed by atoms with Crippen LogP contribution < -0.4 is 2.81 Å². The predicted molar refractivity (Wildman–Crippen MR) is 58.4 cm³/mol. The maximum absolute atomic E-state index is 9.72. The van der Waals surface area contributed by atoms with Crippen molar-refractivity contribution in [3.05, 3.63) is 43.0 Å². The van der Waals surface area contributed by atoms with Crippen molar-refractivity contribution in [3.63, 3.8) is 0 Å². The first-order chi connectivity index (χ1) is 6.45. The Morgan fingerprint density at radius 3 is 2.00 bits per heavy atom. The van der Waals surface area contributed by atoms with Gasteiger partial charge in [-0.2, -0.15) is 8.42 Å². The molecule has 0 atom stereocenters. The quantitative estimate of drug-likeness (QED) is 0.451. The van der Waals surface area contributed by atoms with Crippen molar-refractivity contribution in [1.82, 2.24) is 0 Å². The van der Waals surface area contributed by atoms with Gasteiger partial charge in [-0.15, -0.1) is 6.58 Å². The van der Waals surface area contributed by atoms with E-state index in [2.05, 4.69) is 30.8 Å². The number of hydrogen-bond donors (Lipinski definition) is 1. The third-order valence-corrected chi connectivity index (χ3v) is 2.59.